The lowest BCUT2D eigenvalue weighted by Crippen LogP contribution is -1.88. The molecule has 0 unspecified atom stereocenters. The maximum Gasteiger partial charge on any atom is 0.131 e. The summed E-state index contributed by atoms with van der Waals surface area (Å²) < 4.78 is 14.0. The Morgan fingerprint density at radius 2 is 1.79 bits per heavy atom. The summed E-state index contributed by atoms with van der Waals surface area (Å²) in [6.07, 6.45) is 1.43. The van der Waals surface area contributed by atoms with Crippen LogP contribution in [0.4, 0.5) is 4.39 Å². The molecule has 2 aromatic carbocycles. The molecule has 0 saturated heterocycles. The average molecular weight is 256 g/mol. The van der Waals surface area contributed by atoms with Gasteiger partial charge in [-0.3, -0.25) is 0 Å². The van der Waals surface area contributed by atoms with Gasteiger partial charge in [0.2, 0.25) is 0 Å². The molecule has 98 valence electrons. The first kappa shape index (κ1) is 13.3. The summed E-state index contributed by atoms with van der Waals surface area (Å²) in [5.41, 5.74) is 2.07. The molecule has 0 saturated carbocycles. The lowest BCUT2D eigenvalue weighted by atomic mass is 10.00. The summed E-state index contributed by atoms with van der Waals surface area (Å²) >= 11 is 0. The Hall–Kier alpha value is -2.09. The Balaban J connectivity index is 2.31. The second-order valence-electron chi connectivity index (χ2n) is 4.83. The highest BCUT2D eigenvalue weighted by Gasteiger charge is 2.06. The number of halogens is 1. The molecular formula is C17H17FO. The second-order valence-corrected chi connectivity index (χ2v) is 4.83. The average Bonchev–Trinajstić information content (AvgIpc) is 2.39. The van der Waals surface area contributed by atoms with Crippen LogP contribution in [0.25, 0.3) is 11.9 Å². The number of rotatable bonds is 3. The Labute approximate surface area is 113 Å². The molecule has 2 heteroatoms. The minimum absolute atomic E-state index is 0.213. The van der Waals surface area contributed by atoms with Gasteiger partial charge in [-0.05, 0) is 29.2 Å². The van der Waals surface area contributed by atoms with Crippen LogP contribution in [0.5, 0.6) is 5.75 Å². The monoisotopic (exact) mass is 256 g/mol. The van der Waals surface area contributed by atoms with Crippen LogP contribution in [0, 0.1) is 0 Å². The fourth-order valence-electron chi connectivity index (χ4n) is 1.97. The van der Waals surface area contributed by atoms with Gasteiger partial charge in [0.1, 0.15) is 11.6 Å². The van der Waals surface area contributed by atoms with Gasteiger partial charge < -0.3 is 5.11 Å². The van der Waals surface area contributed by atoms with Gasteiger partial charge in [0.15, 0.2) is 0 Å². The van der Waals surface area contributed by atoms with E-state index in [9.17, 15) is 9.50 Å². The molecule has 0 aliphatic carbocycles. The minimum atomic E-state index is -0.308. The predicted octanol–water partition coefficient (Wildman–Crippen LogP) is 4.98. The number of benzene rings is 2. The number of phenols is 1. The molecular weight excluding hydrogens is 239 g/mol. The van der Waals surface area contributed by atoms with Gasteiger partial charge in [-0.1, -0.05) is 56.3 Å². The van der Waals surface area contributed by atoms with E-state index < -0.39 is 0 Å². The zero-order valence-corrected chi connectivity index (χ0v) is 11.1. The molecule has 0 heterocycles. The molecule has 1 nitrogen and oxygen atoms in total. The van der Waals surface area contributed by atoms with Gasteiger partial charge in [-0.25, -0.2) is 4.39 Å². The summed E-state index contributed by atoms with van der Waals surface area (Å²) in [7, 11) is 0. The quantitative estimate of drug-likeness (QED) is 0.767. The Kier molecular flexibility index (Phi) is 4.00. The molecule has 0 aromatic heterocycles. The predicted molar refractivity (Wildman–Crippen MR) is 77.6 cm³/mol. The molecule has 0 radical (unpaired) electrons. The van der Waals surface area contributed by atoms with Crippen LogP contribution in [-0.4, -0.2) is 5.11 Å². The van der Waals surface area contributed by atoms with Crippen molar-refractivity contribution in [3.05, 3.63) is 65.2 Å². The van der Waals surface area contributed by atoms with Crippen LogP contribution < -0.4 is 0 Å². The largest absolute Gasteiger partial charge is 0.508 e. The maximum atomic E-state index is 14.0. The van der Waals surface area contributed by atoms with Crippen molar-refractivity contribution in [3.63, 3.8) is 0 Å². The molecule has 0 fully saturated rings. The van der Waals surface area contributed by atoms with Crippen LogP contribution in [-0.2, 0) is 0 Å². The zero-order chi connectivity index (χ0) is 13.8. The highest BCUT2D eigenvalue weighted by molar-refractivity contribution is 5.77. The van der Waals surface area contributed by atoms with Crippen LogP contribution in [0.2, 0.25) is 0 Å². The summed E-state index contributed by atoms with van der Waals surface area (Å²) in [6, 6.07) is 14.1. The third-order valence-corrected chi connectivity index (χ3v) is 3.02. The number of hydrogen-bond donors (Lipinski definition) is 1. The molecule has 0 spiro atoms. The minimum Gasteiger partial charge on any atom is -0.508 e. The summed E-state index contributed by atoms with van der Waals surface area (Å²) in [5, 5.41) is 9.89. The lowest BCUT2D eigenvalue weighted by Gasteiger charge is -2.08. The summed E-state index contributed by atoms with van der Waals surface area (Å²) in [5.74, 6) is 0.152. The SMILES string of the molecule is CC(C)c1ccc(/C=C(\F)c2ccccc2)cc1O. The van der Waals surface area contributed by atoms with E-state index in [-0.39, 0.29) is 17.5 Å². The fourth-order valence-corrected chi connectivity index (χ4v) is 1.97. The number of hydrogen-bond acceptors (Lipinski definition) is 1. The Morgan fingerprint density at radius 3 is 2.37 bits per heavy atom. The normalized spacial score (nSPS) is 11.9. The summed E-state index contributed by atoms with van der Waals surface area (Å²) in [6.45, 7) is 4.02. The van der Waals surface area contributed by atoms with Gasteiger partial charge in [-0.15, -0.1) is 0 Å². The van der Waals surface area contributed by atoms with Crippen molar-refractivity contribution in [2.45, 2.75) is 19.8 Å². The third-order valence-electron chi connectivity index (χ3n) is 3.02. The Bertz CT molecular complexity index is 585. The zero-order valence-electron chi connectivity index (χ0n) is 11.1. The van der Waals surface area contributed by atoms with Crippen molar-refractivity contribution in [1.29, 1.82) is 0 Å². The Morgan fingerprint density at radius 1 is 1.11 bits per heavy atom. The van der Waals surface area contributed by atoms with Crippen LogP contribution in [0.1, 0.15) is 36.5 Å². The number of phenolic OH excluding ortho intramolecular Hbond substituents is 1. The molecule has 19 heavy (non-hydrogen) atoms. The van der Waals surface area contributed by atoms with E-state index >= 15 is 0 Å². The molecule has 1 N–H and O–H groups in total. The molecule has 2 rings (SSSR count). The van der Waals surface area contributed by atoms with E-state index in [1.807, 2.05) is 32.0 Å². The van der Waals surface area contributed by atoms with Crippen LogP contribution in [0.3, 0.4) is 0 Å². The second kappa shape index (κ2) is 5.70. The molecule has 0 amide bonds. The molecule has 0 aliphatic rings. The van der Waals surface area contributed by atoms with E-state index in [1.165, 1.54) is 6.08 Å². The van der Waals surface area contributed by atoms with E-state index in [0.717, 1.165) is 5.56 Å². The van der Waals surface area contributed by atoms with E-state index in [1.54, 1.807) is 30.3 Å². The molecule has 0 atom stereocenters. The van der Waals surface area contributed by atoms with E-state index in [2.05, 4.69) is 0 Å². The van der Waals surface area contributed by atoms with E-state index in [4.69, 9.17) is 0 Å². The van der Waals surface area contributed by atoms with Gasteiger partial charge in [0.25, 0.3) is 0 Å². The van der Waals surface area contributed by atoms with Gasteiger partial charge in [-0.2, -0.15) is 0 Å². The first-order valence-corrected chi connectivity index (χ1v) is 6.33. The first-order valence-electron chi connectivity index (χ1n) is 6.33. The maximum absolute atomic E-state index is 14.0. The first-order chi connectivity index (χ1) is 9.08. The molecule has 0 aliphatic heterocycles. The molecule has 0 bridgehead atoms. The fraction of sp³-hybridized carbons (Fsp3) is 0.176. The smallest absolute Gasteiger partial charge is 0.131 e. The van der Waals surface area contributed by atoms with Crippen LogP contribution in [0.15, 0.2) is 48.5 Å². The standard InChI is InChI=1S/C17H17FO/c1-12(2)15-9-8-13(11-17(15)19)10-16(18)14-6-4-3-5-7-14/h3-12,19H,1-2H3/b16-10-. The topological polar surface area (TPSA) is 20.2 Å². The van der Waals surface area contributed by atoms with Crippen molar-refractivity contribution in [2.24, 2.45) is 0 Å². The van der Waals surface area contributed by atoms with Crippen molar-refractivity contribution in [1.82, 2.24) is 0 Å². The summed E-state index contributed by atoms with van der Waals surface area (Å²) in [4.78, 5) is 0. The highest BCUT2D eigenvalue weighted by Crippen LogP contribution is 2.28. The van der Waals surface area contributed by atoms with Crippen molar-refractivity contribution in [3.8, 4) is 5.75 Å². The molecule has 2 aromatic rings. The van der Waals surface area contributed by atoms with Gasteiger partial charge in [0, 0.05) is 5.56 Å². The van der Waals surface area contributed by atoms with Crippen molar-refractivity contribution in [2.75, 3.05) is 0 Å². The van der Waals surface area contributed by atoms with E-state index in [0.29, 0.717) is 11.1 Å². The van der Waals surface area contributed by atoms with Gasteiger partial charge >= 0.3 is 0 Å². The van der Waals surface area contributed by atoms with Crippen LogP contribution >= 0.6 is 0 Å². The highest BCUT2D eigenvalue weighted by atomic mass is 19.1. The lowest BCUT2D eigenvalue weighted by molar-refractivity contribution is 0.465. The third kappa shape index (κ3) is 3.22. The van der Waals surface area contributed by atoms with Crippen molar-refractivity contribution >= 4 is 11.9 Å². The van der Waals surface area contributed by atoms with Crippen molar-refractivity contribution < 1.29 is 9.50 Å². The number of aromatic hydroxyl groups is 1. The van der Waals surface area contributed by atoms with Gasteiger partial charge in [0.05, 0.1) is 0 Å².